The van der Waals surface area contributed by atoms with E-state index in [1.807, 2.05) is 0 Å². The van der Waals surface area contributed by atoms with Crippen LogP contribution in [0.1, 0.15) is 62.0 Å². The molecule has 2 unspecified atom stereocenters. The third kappa shape index (κ3) is 2.46. The van der Waals surface area contributed by atoms with Gasteiger partial charge in [-0.2, -0.15) is 5.10 Å². The Morgan fingerprint density at radius 3 is 2.56 bits per heavy atom. The second-order valence-electron chi connectivity index (χ2n) is 5.65. The van der Waals surface area contributed by atoms with Gasteiger partial charge in [-0.25, -0.2) is 0 Å². The summed E-state index contributed by atoms with van der Waals surface area (Å²) >= 11 is 0. The van der Waals surface area contributed by atoms with E-state index in [1.54, 1.807) is 0 Å². The molecule has 1 aromatic heterocycles. The van der Waals surface area contributed by atoms with Gasteiger partial charge in [-0.15, -0.1) is 0 Å². The van der Waals surface area contributed by atoms with Crippen molar-refractivity contribution < 1.29 is 0 Å². The Bertz CT molecular complexity index is 395. The second-order valence-corrected chi connectivity index (χ2v) is 5.65. The van der Waals surface area contributed by atoms with E-state index >= 15 is 0 Å². The Hall–Kier alpha value is -0.830. The van der Waals surface area contributed by atoms with Crippen LogP contribution in [0.4, 0.5) is 0 Å². The van der Waals surface area contributed by atoms with Crippen LogP contribution >= 0.6 is 0 Å². The van der Waals surface area contributed by atoms with Crippen molar-refractivity contribution in [1.82, 2.24) is 9.78 Å². The van der Waals surface area contributed by atoms with E-state index in [-0.39, 0.29) is 0 Å². The highest BCUT2D eigenvalue weighted by Crippen LogP contribution is 2.33. The maximum atomic E-state index is 5.99. The third-order valence-corrected chi connectivity index (χ3v) is 4.56. The molecule has 1 aliphatic rings. The molecule has 0 aliphatic heterocycles. The van der Waals surface area contributed by atoms with Gasteiger partial charge >= 0.3 is 0 Å². The quantitative estimate of drug-likeness (QED) is 0.836. The first-order valence-corrected chi connectivity index (χ1v) is 7.43. The largest absolute Gasteiger partial charge is 0.330 e. The summed E-state index contributed by atoms with van der Waals surface area (Å²) in [6.45, 7) is 7.37. The van der Waals surface area contributed by atoms with Crippen molar-refractivity contribution in [3.05, 3.63) is 17.0 Å². The smallest absolute Gasteiger partial charge is 0.0628 e. The molecule has 3 nitrogen and oxygen atoms in total. The van der Waals surface area contributed by atoms with Gasteiger partial charge in [0.15, 0.2) is 0 Å². The molecule has 1 aromatic rings. The molecule has 0 amide bonds. The van der Waals surface area contributed by atoms with Gasteiger partial charge in [0, 0.05) is 5.69 Å². The highest BCUT2D eigenvalue weighted by atomic mass is 15.3. The number of aryl methyl sites for hydroxylation is 1. The molecule has 0 bridgehead atoms. The van der Waals surface area contributed by atoms with Crippen molar-refractivity contribution in [2.24, 2.45) is 11.7 Å². The van der Waals surface area contributed by atoms with Crippen molar-refractivity contribution >= 4 is 0 Å². The van der Waals surface area contributed by atoms with Crippen LogP contribution < -0.4 is 5.73 Å². The first-order valence-electron chi connectivity index (χ1n) is 7.43. The van der Waals surface area contributed by atoms with E-state index in [4.69, 9.17) is 10.8 Å². The minimum atomic E-state index is 0.525. The maximum Gasteiger partial charge on any atom is 0.0628 e. The molecule has 2 rings (SSSR count). The average molecular weight is 249 g/mol. The first-order chi connectivity index (χ1) is 8.69. The predicted octanol–water partition coefficient (Wildman–Crippen LogP) is 3.14. The van der Waals surface area contributed by atoms with Gasteiger partial charge in [0.2, 0.25) is 0 Å². The Balaban J connectivity index is 2.33. The summed E-state index contributed by atoms with van der Waals surface area (Å²) in [5.41, 5.74) is 9.98. The third-order valence-electron chi connectivity index (χ3n) is 4.56. The summed E-state index contributed by atoms with van der Waals surface area (Å²) in [7, 11) is 0. The lowest BCUT2D eigenvalue weighted by Gasteiger charge is -2.25. The predicted molar refractivity (Wildman–Crippen MR) is 75.7 cm³/mol. The molecule has 0 saturated heterocycles. The van der Waals surface area contributed by atoms with Crippen LogP contribution in [0.25, 0.3) is 0 Å². The molecule has 1 saturated carbocycles. The standard InChI is InChI=1S/C15H27N3/c1-4-14-11(2)17-18(12(14)3)15-9-7-5-6-8-13(15)10-16/h13,15H,4-10,16H2,1-3H3. The van der Waals surface area contributed by atoms with Gasteiger partial charge in [-0.05, 0) is 51.1 Å². The van der Waals surface area contributed by atoms with Crippen molar-refractivity contribution in [3.63, 3.8) is 0 Å². The fourth-order valence-electron chi connectivity index (χ4n) is 3.49. The van der Waals surface area contributed by atoms with E-state index < -0.39 is 0 Å². The Labute approximate surface area is 111 Å². The summed E-state index contributed by atoms with van der Waals surface area (Å²) < 4.78 is 2.29. The van der Waals surface area contributed by atoms with E-state index in [0.717, 1.165) is 13.0 Å². The number of rotatable bonds is 3. The molecule has 2 N–H and O–H groups in total. The van der Waals surface area contributed by atoms with Gasteiger partial charge < -0.3 is 5.73 Å². The number of hydrogen-bond donors (Lipinski definition) is 1. The molecule has 1 heterocycles. The summed E-state index contributed by atoms with van der Waals surface area (Å²) in [5, 5.41) is 4.81. The molecule has 0 spiro atoms. The van der Waals surface area contributed by atoms with Crippen molar-refractivity contribution in [1.29, 1.82) is 0 Å². The van der Waals surface area contributed by atoms with Crippen LogP contribution in [-0.2, 0) is 6.42 Å². The van der Waals surface area contributed by atoms with Crippen LogP contribution in [0.5, 0.6) is 0 Å². The van der Waals surface area contributed by atoms with E-state index in [9.17, 15) is 0 Å². The molecular formula is C15H27N3. The molecule has 3 heteroatoms. The van der Waals surface area contributed by atoms with Crippen molar-refractivity contribution in [2.45, 2.75) is 65.3 Å². The van der Waals surface area contributed by atoms with E-state index in [2.05, 4.69) is 25.5 Å². The maximum absolute atomic E-state index is 5.99. The molecule has 1 fully saturated rings. The summed E-state index contributed by atoms with van der Waals surface area (Å²) in [4.78, 5) is 0. The molecule has 102 valence electrons. The highest BCUT2D eigenvalue weighted by molar-refractivity contribution is 5.24. The zero-order chi connectivity index (χ0) is 13.1. The average Bonchev–Trinajstić information content (AvgIpc) is 2.57. The first kappa shape index (κ1) is 13.6. The summed E-state index contributed by atoms with van der Waals surface area (Å²) in [6.07, 6.45) is 7.60. The summed E-state index contributed by atoms with van der Waals surface area (Å²) in [5.74, 6) is 0.607. The highest BCUT2D eigenvalue weighted by Gasteiger charge is 2.26. The lowest BCUT2D eigenvalue weighted by atomic mass is 9.94. The van der Waals surface area contributed by atoms with Crippen molar-refractivity contribution in [3.8, 4) is 0 Å². The van der Waals surface area contributed by atoms with E-state index in [0.29, 0.717) is 12.0 Å². The SMILES string of the molecule is CCc1c(C)nn(C2CCCCCC2CN)c1C. The van der Waals surface area contributed by atoms with Gasteiger partial charge in [0.1, 0.15) is 0 Å². The van der Waals surface area contributed by atoms with Crippen LogP contribution in [-0.4, -0.2) is 16.3 Å². The van der Waals surface area contributed by atoms with Crippen LogP contribution in [0, 0.1) is 19.8 Å². The second kappa shape index (κ2) is 5.87. The van der Waals surface area contributed by atoms with Crippen LogP contribution in [0.2, 0.25) is 0 Å². The molecule has 2 atom stereocenters. The molecule has 1 aliphatic carbocycles. The Morgan fingerprint density at radius 2 is 1.94 bits per heavy atom. The number of aromatic nitrogens is 2. The van der Waals surface area contributed by atoms with Gasteiger partial charge in [-0.1, -0.05) is 26.2 Å². The fraction of sp³-hybridized carbons (Fsp3) is 0.800. The van der Waals surface area contributed by atoms with Gasteiger partial charge in [0.05, 0.1) is 11.7 Å². The van der Waals surface area contributed by atoms with Crippen LogP contribution in [0.15, 0.2) is 0 Å². The van der Waals surface area contributed by atoms with E-state index in [1.165, 1.54) is 49.1 Å². The number of nitrogens with two attached hydrogens (primary N) is 1. The minimum Gasteiger partial charge on any atom is -0.330 e. The lowest BCUT2D eigenvalue weighted by Crippen LogP contribution is -2.27. The molecule has 18 heavy (non-hydrogen) atoms. The lowest BCUT2D eigenvalue weighted by molar-refractivity contribution is 0.289. The van der Waals surface area contributed by atoms with Crippen molar-refractivity contribution in [2.75, 3.05) is 6.54 Å². The summed E-state index contributed by atoms with van der Waals surface area (Å²) in [6, 6.07) is 0.525. The Morgan fingerprint density at radius 1 is 1.22 bits per heavy atom. The zero-order valence-electron chi connectivity index (χ0n) is 12.1. The monoisotopic (exact) mass is 249 g/mol. The fourth-order valence-corrected chi connectivity index (χ4v) is 3.49. The van der Waals surface area contributed by atoms with Gasteiger partial charge in [-0.3, -0.25) is 4.68 Å². The number of nitrogens with zero attached hydrogens (tertiary/aromatic N) is 2. The zero-order valence-corrected chi connectivity index (χ0v) is 12.1. The molecule has 0 radical (unpaired) electrons. The molecule has 0 aromatic carbocycles. The molecular weight excluding hydrogens is 222 g/mol. The number of hydrogen-bond acceptors (Lipinski definition) is 2. The minimum absolute atomic E-state index is 0.525. The topological polar surface area (TPSA) is 43.8 Å². The van der Waals surface area contributed by atoms with Crippen LogP contribution in [0.3, 0.4) is 0 Å². The van der Waals surface area contributed by atoms with Gasteiger partial charge in [0.25, 0.3) is 0 Å². The Kier molecular flexibility index (Phi) is 4.44. The normalized spacial score (nSPS) is 25.1.